The Balaban J connectivity index is 2.02. The van der Waals surface area contributed by atoms with Crippen LogP contribution in [0.15, 0.2) is 24.3 Å². The quantitative estimate of drug-likeness (QED) is 0.753. The third-order valence-electron chi connectivity index (χ3n) is 4.86. The summed E-state index contributed by atoms with van der Waals surface area (Å²) in [5, 5.41) is 0.710. The highest BCUT2D eigenvalue weighted by Crippen LogP contribution is 2.25. The van der Waals surface area contributed by atoms with Crippen molar-refractivity contribution in [2.24, 2.45) is 5.41 Å². The van der Waals surface area contributed by atoms with Gasteiger partial charge in [-0.2, -0.15) is 0 Å². The summed E-state index contributed by atoms with van der Waals surface area (Å²) < 4.78 is 0. The van der Waals surface area contributed by atoms with Crippen molar-refractivity contribution in [1.29, 1.82) is 0 Å². The number of carbonyl (C=O) groups excluding carboxylic acids is 2. The van der Waals surface area contributed by atoms with Crippen LogP contribution in [0.2, 0.25) is 5.02 Å². The van der Waals surface area contributed by atoms with Gasteiger partial charge in [0, 0.05) is 50.0 Å². The summed E-state index contributed by atoms with van der Waals surface area (Å²) in [7, 11) is 0. The molecule has 1 heterocycles. The van der Waals surface area contributed by atoms with Crippen LogP contribution in [0, 0.1) is 5.41 Å². The molecule has 6 heteroatoms. The molecule has 0 aromatic heterocycles. The van der Waals surface area contributed by atoms with Gasteiger partial charge in [0.2, 0.25) is 11.8 Å². The Hall–Kier alpha value is -1.75. The van der Waals surface area contributed by atoms with Crippen molar-refractivity contribution in [2.45, 2.75) is 27.7 Å². The summed E-state index contributed by atoms with van der Waals surface area (Å²) in [6, 6.07) is 7.75. The second-order valence-electron chi connectivity index (χ2n) is 6.86. The van der Waals surface area contributed by atoms with Crippen molar-refractivity contribution in [3.8, 4) is 0 Å². The van der Waals surface area contributed by atoms with E-state index in [4.69, 9.17) is 11.6 Å². The molecule has 25 heavy (non-hydrogen) atoms. The fourth-order valence-corrected chi connectivity index (χ4v) is 3.42. The van der Waals surface area contributed by atoms with Crippen molar-refractivity contribution in [3.05, 3.63) is 29.3 Å². The third kappa shape index (κ3) is 4.27. The lowest BCUT2D eigenvalue weighted by molar-refractivity contribution is -0.154. The van der Waals surface area contributed by atoms with E-state index in [0.717, 1.165) is 18.8 Å². The van der Waals surface area contributed by atoms with Gasteiger partial charge >= 0.3 is 0 Å². The van der Waals surface area contributed by atoms with Crippen molar-refractivity contribution < 1.29 is 9.59 Å². The molecule has 138 valence electrons. The van der Waals surface area contributed by atoms with Crippen LogP contribution in [-0.2, 0) is 9.59 Å². The van der Waals surface area contributed by atoms with E-state index in [0.29, 0.717) is 31.2 Å². The molecule has 0 spiro atoms. The third-order valence-corrected chi connectivity index (χ3v) is 5.10. The lowest BCUT2D eigenvalue weighted by atomic mass is 9.89. The molecule has 1 aromatic carbocycles. The zero-order valence-electron chi connectivity index (χ0n) is 15.6. The molecule has 0 aliphatic carbocycles. The molecule has 0 bridgehead atoms. The molecule has 5 nitrogen and oxygen atoms in total. The van der Waals surface area contributed by atoms with Gasteiger partial charge in [-0.3, -0.25) is 9.59 Å². The Bertz CT molecular complexity index is 621. The van der Waals surface area contributed by atoms with E-state index in [2.05, 4.69) is 4.90 Å². The van der Waals surface area contributed by atoms with Gasteiger partial charge in [0.1, 0.15) is 5.41 Å². The Morgan fingerprint density at radius 1 is 1.12 bits per heavy atom. The predicted octanol–water partition coefficient (Wildman–Crippen LogP) is 2.88. The van der Waals surface area contributed by atoms with E-state index in [1.54, 1.807) is 18.7 Å². The number of amides is 2. The summed E-state index contributed by atoms with van der Waals surface area (Å²) in [4.78, 5) is 31.4. The first kappa shape index (κ1) is 19.6. The van der Waals surface area contributed by atoms with Gasteiger partial charge in [-0.05, 0) is 45.9 Å². The zero-order chi connectivity index (χ0) is 18.6. The molecule has 2 rings (SSSR count). The maximum absolute atomic E-state index is 12.9. The Morgan fingerprint density at radius 2 is 1.72 bits per heavy atom. The van der Waals surface area contributed by atoms with Gasteiger partial charge in [-0.25, -0.2) is 0 Å². The highest BCUT2D eigenvalue weighted by Gasteiger charge is 2.41. The molecule has 1 aliphatic heterocycles. The molecule has 2 amide bonds. The monoisotopic (exact) mass is 365 g/mol. The first-order valence-electron chi connectivity index (χ1n) is 8.90. The van der Waals surface area contributed by atoms with Gasteiger partial charge < -0.3 is 14.7 Å². The summed E-state index contributed by atoms with van der Waals surface area (Å²) in [6.07, 6.45) is 0. The summed E-state index contributed by atoms with van der Waals surface area (Å²) >= 11 is 6.06. The van der Waals surface area contributed by atoms with E-state index < -0.39 is 5.41 Å². The standard InChI is InChI=1S/C19H28ClN3O2/c1-5-21(6-2)17(24)19(3,4)18(25)23-12-10-22(11-13-23)16-9-7-8-15(20)14-16/h7-9,14H,5-6,10-13H2,1-4H3. The lowest BCUT2D eigenvalue weighted by Gasteiger charge is -2.40. The zero-order valence-corrected chi connectivity index (χ0v) is 16.3. The minimum atomic E-state index is -1.02. The Labute approximate surface area is 155 Å². The number of anilines is 1. The second kappa shape index (κ2) is 8.09. The van der Waals surface area contributed by atoms with E-state index in [-0.39, 0.29) is 11.8 Å². The highest BCUT2D eigenvalue weighted by molar-refractivity contribution is 6.30. The van der Waals surface area contributed by atoms with Crippen LogP contribution in [0.1, 0.15) is 27.7 Å². The molecular formula is C19H28ClN3O2. The average Bonchev–Trinajstić information content (AvgIpc) is 2.62. The van der Waals surface area contributed by atoms with Gasteiger partial charge in [-0.15, -0.1) is 0 Å². The lowest BCUT2D eigenvalue weighted by Crippen LogP contribution is -2.56. The summed E-state index contributed by atoms with van der Waals surface area (Å²) in [5.74, 6) is -0.185. The molecule has 0 unspecified atom stereocenters. The molecular weight excluding hydrogens is 338 g/mol. The number of piperazine rings is 1. The molecule has 1 aromatic rings. The van der Waals surface area contributed by atoms with E-state index in [1.165, 1.54) is 0 Å². The number of hydrogen-bond acceptors (Lipinski definition) is 3. The normalized spacial score (nSPS) is 15.2. The van der Waals surface area contributed by atoms with Crippen LogP contribution >= 0.6 is 11.6 Å². The fraction of sp³-hybridized carbons (Fsp3) is 0.579. The van der Waals surface area contributed by atoms with Gasteiger partial charge in [-0.1, -0.05) is 17.7 Å². The fourth-order valence-electron chi connectivity index (χ4n) is 3.23. The van der Waals surface area contributed by atoms with Crippen LogP contribution in [-0.4, -0.2) is 60.9 Å². The van der Waals surface area contributed by atoms with Crippen LogP contribution in [0.5, 0.6) is 0 Å². The molecule has 0 radical (unpaired) electrons. The minimum absolute atomic E-state index is 0.0878. The molecule has 1 aliphatic rings. The first-order valence-corrected chi connectivity index (χ1v) is 9.28. The van der Waals surface area contributed by atoms with Crippen molar-refractivity contribution >= 4 is 29.1 Å². The number of rotatable bonds is 5. The minimum Gasteiger partial charge on any atom is -0.368 e. The maximum Gasteiger partial charge on any atom is 0.237 e. The Kier molecular flexibility index (Phi) is 6.33. The van der Waals surface area contributed by atoms with Crippen molar-refractivity contribution in [3.63, 3.8) is 0 Å². The number of hydrogen-bond donors (Lipinski definition) is 0. The smallest absolute Gasteiger partial charge is 0.237 e. The first-order chi connectivity index (χ1) is 11.8. The summed E-state index contributed by atoms with van der Waals surface area (Å²) in [5.41, 5.74) is 0.0441. The topological polar surface area (TPSA) is 43.9 Å². The average molecular weight is 366 g/mol. The SMILES string of the molecule is CCN(CC)C(=O)C(C)(C)C(=O)N1CCN(c2cccc(Cl)c2)CC1. The van der Waals surface area contributed by atoms with Crippen molar-refractivity contribution in [2.75, 3.05) is 44.2 Å². The van der Waals surface area contributed by atoms with Crippen LogP contribution < -0.4 is 4.90 Å². The van der Waals surface area contributed by atoms with Gasteiger partial charge in [0.05, 0.1) is 0 Å². The highest BCUT2D eigenvalue weighted by atomic mass is 35.5. The molecule has 1 fully saturated rings. The van der Waals surface area contributed by atoms with E-state index in [9.17, 15) is 9.59 Å². The number of carbonyl (C=O) groups is 2. The second-order valence-corrected chi connectivity index (χ2v) is 7.30. The van der Waals surface area contributed by atoms with Gasteiger partial charge in [0.15, 0.2) is 0 Å². The van der Waals surface area contributed by atoms with E-state index in [1.807, 2.05) is 43.0 Å². The maximum atomic E-state index is 12.9. The number of halogens is 1. The molecule has 0 saturated carbocycles. The van der Waals surface area contributed by atoms with E-state index >= 15 is 0 Å². The van der Waals surface area contributed by atoms with Crippen LogP contribution in [0.4, 0.5) is 5.69 Å². The Morgan fingerprint density at radius 3 is 2.24 bits per heavy atom. The summed E-state index contributed by atoms with van der Waals surface area (Å²) in [6.45, 7) is 11.3. The molecule has 0 atom stereocenters. The van der Waals surface area contributed by atoms with Crippen molar-refractivity contribution in [1.82, 2.24) is 9.80 Å². The van der Waals surface area contributed by atoms with Crippen LogP contribution in [0.3, 0.4) is 0 Å². The van der Waals surface area contributed by atoms with Gasteiger partial charge in [0.25, 0.3) is 0 Å². The number of nitrogens with zero attached hydrogens (tertiary/aromatic N) is 3. The van der Waals surface area contributed by atoms with Crippen LogP contribution in [0.25, 0.3) is 0 Å². The molecule has 1 saturated heterocycles. The largest absolute Gasteiger partial charge is 0.368 e. The molecule has 0 N–H and O–H groups in total. The predicted molar refractivity (Wildman–Crippen MR) is 102 cm³/mol. The number of benzene rings is 1.